The summed E-state index contributed by atoms with van der Waals surface area (Å²) in [6, 6.07) is 19.8. The van der Waals surface area contributed by atoms with Gasteiger partial charge in [-0.3, -0.25) is 4.79 Å². The molecular weight excluding hydrogens is 274 g/mol. The lowest BCUT2D eigenvalue weighted by Gasteiger charge is -2.28. The first-order valence-corrected chi connectivity index (χ1v) is 7.54. The second-order valence-electron chi connectivity index (χ2n) is 5.24. The van der Waals surface area contributed by atoms with Crippen LogP contribution in [0.5, 0.6) is 0 Å². The van der Waals surface area contributed by atoms with Crippen LogP contribution in [0.1, 0.15) is 11.1 Å². The molecular formula is C19H19NO2. The molecule has 0 aromatic heterocycles. The van der Waals surface area contributed by atoms with Crippen molar-refractivity contribution in [1.82, 2.24) is 4.90 Å². The zero-order valence-corrected chi connectivity index (χ0v) is 12.4. The molecule has 1 saturated heterocycles. The summed E-state index contributed by atoms with van der Waals surface area (Å²) < 4.78 is 5.34. The van der Waals surface area contributed by atoms with E-state index in [0.717, 1.165) is 16.7 Å². The molecule has 0 unspecified atom stereocenters. The molecule has 112 valence electrons. The van der Waals surface area contributed by atoms with E-state index in [9.17, 15) is 4.79 Å². The minimum Gasteiger partial charge on any atom is -0.378 e. The number of benzene rings is 2. The molecule has 0 spiro atoms. The third-order valence-corrected chi connectivity index (χ3v) is 3.72. The van der Waals surface area contributed by atoms with E-state index in [-0.39, 0.29) is 5.91 Å². The molecule has 0 atom stereocenters. The number of amides is 1. The summed E-state index contributed by atoms with van der Waals surface area (Å²) in [6.45, 7) is 2.52. The van der Waals surface area contributed by atoms with E-state index >= 15 is 0 Å². The second kappa shape index (κ2) is 7.05. The highest BCUT2D eigenvalue weighted by Crippen LogP contribution is 2.21. The number of rotatable bonds is 3. The summed E-state index contributed by atoms with van der Waals surface area (Å²) in [7, 11) is 0. The lowest BCUT2D eigenvalue weighted by Crippen LogP contribution is -2.41. The number of morpholine rings is 1. The van der Waals surface area contributed by atoms with Crippen molar-refractivity contribution in [3.05, 3.63) is 71.8 Å². The van der Waals surface area contributed by atoms with E-state index in [1.807, 2.05) is 71.6 Å². The minimum atomic E-state index is 0.0679. The minimum absolute atomic E-state index is 0.0679. The summed E-state index contributed by atoms with van der Waals surface area (Å²) in [6.07, 6.45) is 1.97. The Morgan fingerprint density at radius 1 is 0.909 bits per heavy atom. The molecule has 1 aliphatic rings. The van der Waals surface area contributed by atoms with Gasteiger partial charge in [0, 0.05) is 18.7 Å². The van der Waals surface area contributed by atoms with Gasteiger partial charge in [-0.25, -0.2) is 0 Å². The monoisotopic (exact) mass is 293 g/mol. The molecule has 0 bridgehead atoms. The van der Waals surface area contributed by atoms with Crippen LogP contribution < -0.4 is 0 Å². The van der Waals surface area contributed by atoms with Gasteiger partial charge >= 0.3 is 0 Å². The van der Waals surface area contributed by atoms with Gasteiger partial charge in [-0.2, -0.15) is 0 Å². The van der Waals surface area contributed by atoms with Gasteiger partial charge < -0.3 is 9.64 Å². The third kappa shape index (κ3) is 3.43. The lowest BCUT2D eigenvalue weighted by molar-refractivity contribution is -0.128. The first-order chi connectivity index (χ1) is 10.8. The number of hydrogen-bond acceptors (Lipinski definition) is 2. The van der Waals surface area contributed by atoms with Crippen LogP contribution in [0.15, 0.2) is 60.7 Å². The smallest absolute Gasteiger partial charge is 0.254 e. The van der Waals surface area contributed by atoms with Crippen molar-refractivity contribution in [2.45, 2.75) is 0 Å². The number of nitrogens with zero attached hydrogens (tertiary/aromatic N) is 1. The molecule has 1 heterocycles. The van der Waals surface area contributed by atoms with Crippen LogP contribution in [0.3, 0.4) is 0 Å². The molecule has 0 N–H and O–H groups in total. The molecule has 1 amide bonds. The van der Waals surface area contributed by atoms with E-state index in [1.165, 1.54) is 0 Å². The quantitative estimate of drug-likeness (QED) is 0.643. The number of carbonyl (C=O) groups is 1. The second-order valence-corrected chi connectivity index (χ2v) is 5.24. The molecule has 3 heteroatoms. The van der Waals surface area contributed by atoms with Crippen molar-refractivity contribution in [2.24, 2.45) is 0 Å². The maximum Gasteiger partial charge on any atom is 0.254 e. The van der Waals surface area contributed by atoms with Gasteiger partial charge in [0.05, 0.1) is 13.2 Å². The standard InChI is InChI=1S/C19H19NO2/c21-19(20-11-13-22-14-12-20)18(17-9-5-2-6-10-17)15-16-7-3-1-4-8-16/h1-10,15H,11-14H2/b18-15+. The fourth-order valence-electron chi connectivity index (χ4n) is 2.54. The normalized spacial score (nSPS) is 15.6. The van der Waals surface area contributed by atoms with Gasteiger partial charge in [-0.1, -0.05) is 60.7 Å². The van der Waals surface area contributed by atoms with Crippen LogP contribution in [0, 0.1) is 0 Å². The first-order valence-electron chi connectivity index (χ1n) is 7.54. The van der Waals surface area contributed by atoms with Gasteiger partial charge in [0.1, 0.15) is 0 Å². The largest absolute Gasteiger partial charge is 0.378 e. The van der Waals surface area contributed by atoms with Gasteiger partial charge in [-0.15, -0.1) is 0 Å². The van der Waals surface area contributed by atoms with E-state index < -0.39 is 0 Å². The highest BCUT2D eigenvalue weighted by Gasteiger charge is 2.21. The maximum absolute atomic E-state index is 12.9. The highest BCUT2D eigenvalue weighted by molar-refractivity contribution is 6.24. The van der Waals surface area contributed by atoms with E-state index in [4.69, 9.17) is 4.74 Å². The number of ether oxygens (including phenoxy) is 1. The average Bonchev–Trinajstić information content (AvgIpc) is 2.61. The first kappa shape index (κ1) is 14.5. The van der Waals surface area contributed by atoms with E-state index in [1.54, 1.807) is 0 Å². The summed E-state index contributed by atoms with van der Waals surface area (Å²) in [5, 5.41) is 0. The summed E-state index contributed by atoms with van der Waals surface area (Å²) >= 11 is 0. The van der Waals surface area contributed by atoms with Crippen LogP contribution >= 0.6 is 0 Å². The van der Waals surface area contributed by atoms with Crippen LogP contribution in [0.2, 0.25) is 0 Å². The summed E-state index contributed by atoms with van der Waals surface area (Å²) in [4.78, 5) is 14.8. The van der Waals surface area contributed by atoms with Crippen LogP contribution in [0.4, 0.5) is 0 Å². The Morgan fingerprint density at radius 3 is 2.14 bits per heavy atom. The fourth-order valence-corrected chi connectivity index (χ4v) is 2.54. The molecule has 0 radical (unpaired) electrons. The van der Waals surface area contributed by atoms with Gasteiger partial charge in [-0.05, 0) is 17.2 Å². The highest BCUT2D eigenvalue weighted by atomic mass is 16.5. The van der Waals surface area contributed by atoms with Crippen molar-refractivity contribution in [2.75, 3.05) is 26.3 Å². The third-order valence-electron chi connectivity index (χ3n) is 3.72. The van der Waals surface area contributed by atoms with E-state index in [2.05, 4.69) is 0 Å². The SMILES string of the molecule is O=C(/C(=C/c1ccccc1)c1ccccc1)N1CCOCC1. The molecule has 0 saturated carbocycles. The molecule has 3 nitrogen and oxygen atoms in total. The Balaban J connectivity index is 1.96. The van der Waals surface area contributed by atoms with Crippen LogP contribution in [0.25, 0.3) is 11.6 Å². The van der Waals surface area contributed by atoms with Gasteiger partial charge in [0.25, 0.3) is 5.91 Å². The maximum atomic E-state index is 12.9. The fraction of sp³-hybridized carbons (Fsp3) is 0.211. The topological polar surface area (TPSA) is 29.5 Å². The number of carbonyl (C=O) groups excluding carboxylic acids is 1. The molecule has 0 aliphatic carbocycles. The van der Waals surface area contributed by atoms with Crippen molar-refractivity contribution >= 4 is 17.6 Å². The van der Waals surface area contributed by atoms with Crippen LogP contribution in [-0.2, 0) is 9.53 Å². The Bertz CT molecular complexity index is 644. The molecule has 1 aliphatic heterocycles. The van der Waals surface area contributed by atoms with Crippen molar-refractivity contribution in [3.63, 3.8) is 0 Å². The zero-order chi connectivity index (χ0) is 15.2. The molecule has 2 aromatic rings. The summed E-state index contributed by atoms with van der Waals surface area (Å²) in [5.41, 5.74) is 2.71. The average molecular weight is 293 g/mol. The number of hydrogen-bond donors (Lipinski definition) is 0. The van der Waals surface area contributed by atoms with Crippen molar-refractivity contribution < 1.29 is 9.53 Å². The van der Waals surface area contributed by atoms with E-state index in [0.29, 0.717) is 26.3 Å². The molecule has 2 aromatic carbocycles. The van der Waals surface area contributed by atoms with Crippen molar-refractivity contribution in [1.29, 1.82) is 0 Å². The Morgan fingerprint density at radius 2 is 1.50 bits per heavy atom. The zero-order valence-electron chi connectivity index (χ0n) is 12.4. The molecule has 22 heavy (non-hydrogen) atoms. The molecule has 3 rings (SSSR count). The Labute approximate surface area is 130 Å². The van der Waals surface area contributed by atoms with Crippen molar-refractivity contribution in [3.8, 4) is 0 Å². The van der Waals surface area contributed by atoms with Crippen LogP contribution in [-0.4, -0.2) is 37.1 Å². The predicted octanol–water partition coefficient (Wildman–Crippen LogP) is 3.09. The van der Waals surface area contributed by atoms with Gasteiger partial charge in [0.15, 0.2) is 0 Å². The Hall–Kier alpha value is -2.39. The summed E-state index contributed by atoms with van der Waals surface area (Å²) in [5.74, 6) is 0.0679. The lowest BCUT2D eigenvalue weighted by atomic mass is 10.0. The van der Waals surface area contributed by atoms with Gasteiger partial charge in [0.2, 0.25) is 0 Å². The predicted molar refractivity (Wildman–Crippen MR) is 88.2 cm³/mol. The molecule has 1 fully saturated rings. The Kier molecular flexibility index (Phi) is 4.66.